The van der Waals surface area contributed by atoms with Crippen molar-refractivity contribution in [3.05, 3.63) is 71.9 Å². The molecule has 4 heteroatoms. The van der Waals surface area contributed by atoms with Crippen LogP contribution in [0.4, 0.5) is 0 Å². The zero-order valence-electron chi connectivity index (χ0n) is 13.2. The van der Waals surface area contributed by atoms with Crippen molar-refractivity contribution in [2.75, 3.05) is 14.2 Å². The molecule has 0 aromatic heterocycles. The lowest BCUT2D eigenvalue weighted by Crippen LogP contribution is -2.26. The minimum Gasteiger partial charge on any atom is -0.497 e. The molecule has 0 unspecified atom stereocenters. The third-order valence-electron chi connectivity index (χ3n) is 3.82. The molecular formula is C19H19NO3. The van der Waals surface area contributed by atoms with Crippen LogP contribution < -0.4 is 4.74 Å². The Morgan fingerprint density at radius 2 is 1.83 bits per heavy atom. The highest BCUT2D eigenvalue weighted by molar-refractivity contribution is 5.85. The molecule has 1 aliphatic heterocycles. The molecule has 0 saturated carbocycles. The monoisotopic (exact) mass is 309 g/mol. The molecule has 1 heterocycles. The fourth-order valence-corrected chi connectivity index (χ4v) is 2.38. The van der Waals surface area contributed by atoms with Gasteiger partial charge >= 0.3 is 0 Å². The predicted octanol–water partition coefficient (Wildman–Crippen LogP) is 3.26. The predicted molar refractivity (Wildman–Crippen MR) is 88.9 cm³/mol. The van der Waals surface area contributed by atoms with Gasteiger partial charge in [0.2, 0.25) is 0 Å². The van der Waals surface area contributed by atoms with Crippen molar-refractivity contribution in [1.82, 2.24) is 4.90 Å². The summed E-state index contributed by atoms with van der Waals surface area (Å²) in [4.78, 5) is 13.9. The Bertz CT molecular complexity index is 694. The number of carbonyl (C=O) groups is 1. The normalized spacial score (nSPS) is 19.6. The number of hydrogen-bond acceptors (Lipinski definition) is 3. The summed E-state index contributed by atoms with van der Waals surface area (Å²) in [6.07, 6.45) is 3.13. The minimum atomic E-state index is -0.386. The van der Waals surface area contributed by atoms with Gasteiger partial charge in [-0.2, -0.15) is 0 Å². The van der Waals surface area contributed by atoms with Crippen molar-refractivity contribution in [2.24, 2.45) is 0 Å². The van der Waals surface area contributed by atoms with Crippen molar-refractivity contribution in [2.45, 2.75) is 12.2 Å². The molecule has 0 spiro atoms. The molecule has 2 atom stereocenters. The van der Waals surface area contributed by atoms with Crippen LogP contribution in [0, 0.1) is 0 Å². The highest BCUT2D eigenvalue weighted by Crippen LogP contribution is 2.39. The Balaban J connectivity index is 1.59. The third kappa shape index (κ3) is 3.60. The fraction of sp³-hybridized carbons (Fsp3) is 0.211. The maximum atomic E-state index is 12.3. The maximum Gasteiger partial charge on any atom is 0.258 e. The second-order valence-electron chi connectivity index (χ2n) is 5.43. The molecule has 1 amide bonds. The number of benzene rings is 2. The lowest BCUT2D eigenvalue weighted by atomic mass is 10.1. The average Bonchev–Trinajstić information content (AvgIpc) is 3.41. The van der Waals surface area contributed by atoms with E-state index in [1.54, 1.807) is 25.3 Å². The van der Waals surface area contributed by atoms with Gasteiger partial charge in [-0.15, -0.1) is 0 Å². The van der Waals surface area contributed by atoms with E-state index in [1.807, 2.05) is 60.7 Å². The van der Waals surface area contributed by atoms with Gasteiger partial charge in [-0.25, -0.2) is 0 Å². The molecule has 3 rings (SSSR count). The standard InChI is InChI=1S/C19H19NO3/c1-20(13-12-14-8-10-16(22-2)11-9-14)19(21)18-17(23-18)15-6-4-3-5-7-15/h3-13,17-18H,1-2H3/b13-12+/t17-,18+/m0/s1. The van der Waals surface area contributed by atoms with Crippen LogP contribution in [0.25, 0.3) is 6.08 Å². The Morgan fingerprint density at radius 1 is 1.13 bits per heavy atom. The quantitative estimate of drug-likeness (QED) is 0.796. The van der Waals surface area contributed by atoms with Crippen LogP contribution in [-0.2, 0) is 9.53 Å². The number of rotatable bonds is 5. The summed E-state index contributed by atoms with van der Waals surface area (Å²) in [5, 5.41) is 0. The Labute approximate surface area is 135 Å². The van der Waals surface area contributed by atoms with Gasteiger partial charge in [0.25, 0.3) is 5.91 Å². The summed E-state index contributed by atoms with van der Waals surface area (Å²) >= 11 is 0. The summed E-state index contributed by atoms with van der Waals surface area (Å²) in [6, 6.07) is 17.5. The van der Waals surface area contributed by atoms with Gasteiger partial charge in [0.15, 0.2) is 6.10 Å². The zero-order chi connectivity index (χ0) is 16.2. The van der Waals surface area contributed by atoms with Crippen LogP contribution in [-0.4, -0.2) is 31.1 Å². The number of likely N-dealkylation sites (N-methyl/N-ethyl adjacent to an activating group) is 1. The van der Waals surface area contributed by atoms with E-state index < -0.39 is 0 Å². The lowest BCUT2D eigenvalue weighted by Gasteiger charge is -2.10. The molecular weight excluding hydrogens is 290 g/mol. The highest BCUT2D eigenvalue weighted by atomic mass is 16.6. The molecule has 1 fully saturated rings. The summed E-state index contributed by atoms with van der Waals surface area (Å²) in [6.45, 7) is 0. The van der Waals surface area contributed by atoms with Crippen molar-refractivity contribution < 1.29 is 14.3 Å². The largest absolute Gasteiger partial charge is 0.497 e. The van der Waals surface area contributed by atoms with Crippen LogP contribution in [0.5, 0.6) is 5.75 Å². The van der Waals surface area contributed by atoms with E-state index in [0.717, 1.165) is 16.9 Å². The first kappa shape index (κ1) is 15.3. The van der Waals surface area contributed by atoms with Gasteiger partial charge in [-0.05, 0) is 29.3 Å². The highest BCUT2D eigenvalue weighted by Gasteiger charge is 2.46. The number of hydrogen-bond donors (Lipinski definition) is 0. The van der Waals surface area contributed by atoms with Crippen LogP contribution in [0.2, 0.25) is 0 Å². The van der Waals surface area contributed by atoms with Crippen LogP contribution in [0.15, 0.2) is 60.8 Å². The van der Waals surface area contributed by atoms with E-state index in [9.17, 15) is 4.79 Å². The summed E-state index contributed by atoms with van der Waals surface area (Å²) in [5.74, 6) is 0.771. The van der Waals surface area contributed by atoms with E-state index in [4.69, 9.17) is 9.47 Å². The van der Waals surface area contributed by atoms with E-state index in [1.165, 1.54) is 0 Å². The summed E-state index contributed by atoms with van der Waals surface area (Å²) < 4.78 is 10.6. The molecule has 2 aromatic carbocycles. The molecule has 0 N–H and O–H groups in total. The lowest BCUT2D eigenvalue weighted by molar-refractivity contribution is -0.128. The number of nitrogens with zero attached hydrogens (tertiary/aromatic N) is 1. The Hall–Kier alpha value is -2.59. The van der Waals surface area contributed by atoms with Gasteiger partial charge in [0, 0.05) is 13.2 Å². The van der Waals surface area contributed by atoms with Gasteiger partial charge in [-0.1, -0.05) is 42.5 Å². The zero-order valence-corrected chi connectivity index (χ0v) is 13.2. The molecule has 0 bridgehead atoms. The molecule has 0 aliphatic carbocycles. The number of amides is 1. The number of epoxide rings is 1. The smallest absolute Gasteiger partial charge is 0.258 e. The van der Waals surface area contributed by atoms with E-state index >= 15 is 0 Å². The molecule has 2 aromatic rings. The Morgan fingerprint density at radius 3 is 2.48 bits per heavy atom. The van der Waals surface area contributed by atoms with Crippen molar-refractivity contribution in [3.8, 4) is 5.75 Å². The van der Waals surface area contributed by atoms with E-state index in [2.05, 4.69) is 0 Å². The molecule has 0 radical (unpaired) electrons. The Kier molecular flexibility index (Phi) is 4.44. The first-order valence-corrected chi connectivity index (χ1v) is 7.48. The molecule has 1 saturated heterocycles. The van der Waals surface area contributed by atoms with Crippen LogP contribution in [0.3, 0.4) is 0 Å². The van der Waals surface area contributed by atoms with E-state index in [0.29, 0.717) is 0 Å². The summed E-state index contributed by atoms with van der Waals surface area (Å²) in [7, 11) is 3.38. The first-order valence-electron chi connectivity index (χ1n) is 7.48. The fourth-order valence-electron chi connectivity index (χ4n) is 2.38. The van der Waals surface area contributed by atoms with E-state index in [-0.39, 0.29) is 18.1 Å². The third-order valence-corrected chi connectivity index (χ3v) is 3.82. The van der Waals surface area contributed by atoms with Crippen molar-refractivity contribution in [1.29, 1.82) is 0 Å². The molecule has 4 nitrogen and oxygen atoms in total. The average molecular weight is 309 g/mol. The van der Waals surface area contributed by atoms with Crippen molar-refractivity contribution >= 4 is 12.0 Å². The molecule has 118 valence electrons. The molecule has 1 aliphatic rings. The second-order valence-corrected chi connectivity index (χ2v) is 5.43. The topological polar surface area (TPSA) is 42.1 Å². The molecule has 23 heavy (non-hydrogen) atoms. The summed E-state index contributed by atoms with van der Waals surface area (Å²) in [5.41, 5.74) is 2.04. The minimum absolute atomic E-state index is 0.0383. The van der Waals surface area contributed by atoms with Crippen LogP contribution >= 0.6 is 0 Å². The number of ether oxygens (including phenoxy) is 2. The second kappa shape index (κ2) is 6.67. The maximum absolute atomic E-state index is 12.3. The van der Waals surface area contributed by atoms with Crippen LogP contribution in [0.1, 0.15) is 17.2 Å². The first-order chi connectivity index (χ1) is 11.2. The van der Waals surface area contributed by atoms with Crippen molar-refractivity contribution in [3.63, 3.8) is 0 Å². The SMILES string of the molecule is COc1ccc(/C=C/N(C)C(=O)[C@@H]2O[C@H]2c2ccccc2)cc1. The van der Waals surface area contributed by atoms with Gasteiger partial charge in [0.1, 0.15) is 11.9 Å². The van der Waals surface area contributed by atoms with Gasteiger partial charge in [-0.3, -0.25) is 4.79 Å². The number of carbonyl (C=O) groups excluding carboxylic acids is 1. The van der Waals surface area contributed by atoms with Gasteiger partial charge in [0.05, 0.1) is 7.11 Å². The van der Waals surface area contributed by atoms with Gasteiger partial charge < -0.3 is 14.4 Å². The number of methoxy groups -OCH3 is 1.